The predicted molar refractivity (Wildman–Crippen MR) is 101 cm³/mol. The van der Waals surface area contributed by atoms with E-state index in [1.165, 1.54) is 12.1 Å². The second kappa shape index (κ2) is 8.53. The molecular formula is C19H24F6N2O3S. The molecule has 12 heteroatoms. The molecule has 1 N–H and O–H groups in total. The Labute approximate surface area is 176 Å². The van der Waals surface area contributed by atoms with Crippen LogP contribution in [0.15, 0.2) is 30.3 Å². The number of benzene rings is 1. The molecule has 5 nitrogen and oxygen atoms in total. The second-order valence-corrected chi connectivity index (χ2v) is 10.1. The van der Waals surface area contributed by atoms with Gasteiger partial charge in [-0.05, 0) is 37.9 Å². The van der Waals surface area contributed by atoms with Gasteiger partial charge in [-0.2, -0.15) is 30.6 Å². The summed E-state index contributed by atoms with van der Waals surface area (Å²) in [5, 5.41) is 2.99. The molecule has 2 atom stereocenters. The van der Waals surface area contributed by atoms with E-state index in [4.69, 9.17) is 4.74 Å². The van der Waals surface area contributed by atoms with Crippen molar-refractivity contribution >= 4 is 10.0 Å². The van der Waals surface area contributed by atoms with E-state index < -0.39 is 51.8 Å². The van der Waals surface area contributed by atoms with Crippen molar-refractivity contribution in [2.24, 2.45) is 5.92 Å². The highest BCUT2D eigenvalue weighted by Crippen LogP contribution is 2.50. The Balaban J connectivity index is 1.97. The number of hydrogen-bond acceptors (Lipinski definition) is 4. The lowest BCUT2D eigenvalue weighted by Crippen LogP contribution is -2.53. The fourth-order valence-corrected chi connectivity index (χ4v) is 5.82. The second-order valence-electron chi connectivity index (χ2n) is 8.11. The number of piperidine rings is 1. The van der Waals surface area contributed by atoms with Crippen LogP contribution in [0.3, 0.4) is 0 Å². The number of halogens is 6. The Kier molecular flexibility index (Phi) is 6.68. The largest absolute Gasteiger partial charge is 0.403 e. The fraction of sp³-hybridized carbons (Fsp3) is 0.684. The van der Waals surface area contributed by atoms with Crippen LogP contribution in [-0.2, 0) is 20.5 Å². The number of alkyl halides is 6. The Bertz CT molecular complexity index is 840. The molecule has 0 amide bonds. The molecule has 0 aromatic heterocycles. The van der Waals surface area contributed by atoms with Crippen LogP contribution < -0.4 is 5.32 Å². The van der Waals surface area contributed by atoms with Gasteiger partial charge in [0, 0.05) is 7.05 Å². The van der Waals surface area contributed by atoms with E-state index in [-0.39, 0.29) is 19.3 Å². The van der Waals surface area contributed by atoms with Gasteiger partial charge in [0.25, 0.3) is 0 Å². The lowest BCUT2D eigenvalue weighted by atomic mass is 9.86. The van der Waals surface area contributed by atoms with E-state index >= 15 is 0 Å². The standard InChI is InChI=1S/C19H24F6N2O3S/c1-27(31(28,29)12-13-5-3-2-4-6-13)14-11-17(7-9-26-10-8-17)30-15(14)16(18(20,21)22)19(23,24)25/h2-6,14-16,26H,7-12H2,1H3. The summed E-state index contributed by atoms with van der Waals surface area (Å²) in [6.07, 6.45) is -13.5. The van der Waals surface area contributed by atoms with Crippen LogP contribution in [0.25, 0.3) is 0 Å². The van der Waals surface area contributed by atoms with E-state index in [0.717, 1.165) is 7.05 Å². The van der Waals surface area contributed by atoms with Crippen molar-refractivity contribution in [3.63, 3.8) is 0 Å². The third-order valence-electron chi connectivity index (χ3n) is 5.99. The molecule has 2 aliphatic rings. The zero-order valence-corrected chi connectivity index (χ0v) is 17.5. The van der Waals surface area contributed by atoms with Crippen molar-refractivity contribution < 1.29 is 39.5 Å². The summed E-state index contributed by atoms with van der Waals surface area (Å²) in [5.74, 6) is -4.32. The van der Waals surface area contributed by atoms with Gasteiger partial charge >= 0.3 is 12.4 Å². The van der Waals surface area contributed by atoms with Gasteiger partial charge in [-0.3, -0.25) is 0 Å². The van der Waals surface area contributed by atoms with Gasteiger partial charge in [0.2, 0.25) is 10.0 Å². The lowest BCUT2D eigenvalue weighted by molar-refractivity contribution is -0.315. The summed E-state index contributed by atoms with van der Waals surface area (Å²) in [7, 11) is -3.18. The first-order chi connectivity index (χ1) is 14.3. The summed E-state index contributed by atoms with van der Waals surface area (Å²) >= 11 is 0. The van der Waals surface area contributed by atoms with Crippen molar-refractivity contribution in [2.75, 3.05) is 20.1 Å². The molecule has 1 spiro atoms. The zero-order chi connectivity index (χ0) is 23.1. The number of ether oxygens (including phenoxy) is 1. The zero-order valence-electron chi connectivity index (χ0n) is 16.7. The molecule has 1 aromatic rings. The highest BCUT2D eigenvalue weighted by Gasteiger charge is 2.66. The number of nitrogens with zero attached hydrogens (tertiary/aromatic N) is 1. The molecular weight excluding hydrogens is 450 g/mol. The fourth-order valence-electron chi connectivity index (χ4n) is 4.39. The van der Waals surface area contributed by atoms with Gasteiger partial charge < -0.3 is 10.1 Å². The van der Waals surface area contributed by atoms with Crippen LogP contribution in [0.2, 0.25) is 0 Å². The van der Waals surface area contributed by atoms with E-state index in [9.17, 15) is 34.8 Å². The van der Waals surface area contributed by atoms with Gasteiger partial charge in [0.1, 0.15) is 0 Å². The average Bonchev–Trinajstić information content (AvgIpc) is 2.97. The topological polar surface area (TPSA) is 58.6 Å². The Morgan fingerprint density at radius 2 is 1.65 bits per heavy atom. The van der Waals surface area contributed by atoms with Crippen LogP contribution in [0.1, 0.15) is 24.8 Å². The lowest BCUT2D eigenvalue weighted by Gasteiger charge is -2.36. The number of likely N-dealkylation sites (N-methyl/N-ethyl adjacent to an activating group) is 1. The third kappa shape index (κ3) is 5.35. The first-order valence-corrected chi connectivity index (χ1v) is 11.4. The van der Waals surface area contributed by atoms with E-state index in [0.29, 0.717) is 23.0 Å². The molecule has 176 valence electrons. The Hall–Kier alpha value is -1.37. The van der Waals surface area contributed by atoms with Gasteiger partial charge in [-0.1, -0.05) is 30.3 Å². The molecule has 2 aliphatic heterocycles. The summed E-state index contributed by atoms with van der Waals surface area (Å²) in [4.78, 5) is 0. The van der Waals surface area contributed by atoms with Crippen LogP contribution in [0, 0.1) is 5.92 Å². The van der Waals surface area contributed by atoms with Crippen molar-refractivity contribution in [1.29, 1.82) is 0 Å². The molecule has 0 aliphatic carbocycles. The van der Waals surface area contributed by atoms with E-state index in [1.54, 1.807) is 18.2 Å². The van der Waals surface area contributed by atoms with Crippen LogP contribution in [0.4, 0.5) is 26.3 Å². The molecule has 0 radical (unpaired) electrons. The highest BCUT2D eigenvalue weighted by molar-refractivity contribution is 7.88. The van der Waals surface area contributed by atoms with Crippen LogP contribution in [0.5, 0.6) is 0 Å². The smallest absolute Gasteiger partial charge is 0.369 e. The summed E-state index contributed by atoms with van der Waals surface area (Å²) < 4.78 is 113. The van der Waals surface area contributed by atoms with Gasteiger partial charge in [-0.25, -0.2) is 8.42 Å². The number of hydrogen-bond donors (Lipinski definition) is 1. The third-order valence-corrected chi connectivity index (χ3v) is 7.84. The summed E-state index contributed by atoms with van der Waals surface area (Å²) in [6.45, 7) is 0.727. The monoisotopic (exact) mass is 474 g/mol. The molecule has 2 saturated heterocycles. The van der Waals surface area contributed by atoms with Gasteiger partial charge in [-0.15, -0.1) is 0 Å². The first kappa shape index (κ1) is 24.3. The van der Waals surface area contributed by atoms with Crippen molar-refractivity contribution in [3.05, 3.63) is 35.9 Å². The quantitative estimate of drug-likeness (QED) is 0.665. The van der Waals surface area contributed by atoms with Crippen molar-refractivity contribution in [2.45, 2.75) is 55.1 Å². The maximum Gasteiger partial charge on any atom is 0.403 e. The molecule has 0 saturated carbocycles. The van der Waals surface area contributed by atoms with Gasteiger partial charge in [0.05, 0.1) is 23.5 Å². The number of sulfonamides is 1. The molecule has 2 fully saturated rings. The maximum absolute atomic E-state index is 13.5. The Morgan fingerprint density at radius 1 is 1.10 bits per heavy atom. The average molecular weight is 474 g/mol. The molecule has 2 unspecified atom stereocenters. The normalized spacial score (nSPS) is 24.9. The predicted octanol–water partition coefficient (Wildman–Crippen LogP) is 3.47. The summed E-state index contributed by atoms with van der Waals surface area (Å²) in [5.41, 5.74) is -0.851. The minimum absolute atomic E-state index is 0.203. The molecule has 0 bridgehead atoms. The first-order valence-electron chi connectivity index (χ1n) is 9.77. The SMILES string of the molecule is CN(C1CC2(CCNCC2)OC1C(C(F)(F)F)C(F)(F)F)S(=O)(=O)Cc1ccccc1. The molecule has 2 heterocycles. The van der Waals surface area contributed by atoms with Crippen LogP contribution in [-0.4, -0.2) is 63.0 Å². The van der Waals surface area contributed by atoms with Gasteiger partial charge in [0.15, 0.2) is 5.92 Å². The van der Waals surface area contributed by atoms with Crippen molar-refractivity contribution in [1.82, 2.24) is 9.62 Å². The minimum Gasteiger partial charge on any atom is -0.369 e. The molecule has 31 heavy (non-hydrogen) atoms. The van der Waals surface area contributed by atoms with Crippen molar-refractivity contribution in [3.8, 4) is 0 Å². The minimum atomic E-state index is -5.64. The maximum atomic E-state index is 13.5. The Morgan fingerprint density at radius 3 is 2.16 bits per heavy atom. The summed E-state index contributed by atoms with van der Waals surface area (Å²) in [6, 6.07) is 6.31. The molecule has 1 aromatic carbocycles. The molecule has 3 rings (SSSR count). The van der Waals surface area contributed by atoms with E-state index in [1.807, 2.05) is 0 Å². The number of rotatable bonds is 5. The van der Waals surface area contributed by atoms with E-state index in [2.05, 4.69) is 5.32 Å². The number of nitrogens with one attached hydrogen (secondary N) is 1. The van der Waals surface area contributed by atoms with Crippen LogP contribution >= 0.6 is 0 Å². The highest BCUT2D eigenvalue weighted by atomic mass is 32.2.